The normalized spacial score (nSPS) is 11.2. The number of carbonyl (C=O) groups is 3. The van der Waals surface area contributed by atoms with Crippen LogP contribution in [-0.2, 0) is 4.79 Å². The van der Waals surface area contributed by atoms with Crippen LogP contribution in [0.15, 0.2) is 60.7 Å². The minimum Gasteiger partial charge on any atom is -0.481 e. The van der Waals surface area contributed by atoms with E-state index in [1.165, 1.54) is 0 Å². The van der Waals surface area contributed by atoms with Gasteiger partial charge in [-0.2, -0.15) is 0 Å². The summed E-state index contributed by atoms with van der Waals surface area (Å²) in [5.41, 5.74) is 1.14. The van der Waals surface area contributed by atoms with Crippen LogP contribution in [0.3, 0.4) is 0 Å². The summed E-state index contributed by atoms with van der Waals surface area (Å²) in [4.78, 5) is 36.3. The smallest absolute Gasteiger partial charge is 0.303 e. The van der Waals surface area contributed by atoms with E-state index < -0.39 is 5.97 Å². The van der Waals surface area contributed by atoms with Crippen molar-refractivity contribution >= 4 is 51.9 Å². The van der Waals surface area contributed by atoms with Crippen molar-refractivity contribution in [2.24, 2.45) is 0 Å². The zero-order valence-electron chi connectivity index (χ0n) is 16.9. The third kappa shape index (κ3) is 9.15. The zero-order valence-corrected chi connectivity index (χ0v) is 18.5. The minimum atomic E-state index is -0.931. The quantitative estimate of drug-likeness (QED) is 0.329. The first-order valence-corrected chi connectivity index (χ1v) is 10.6. The van der Waals surface area contributed by atoms with Crippen LogP contribution in [0.25, 0.3) is 0 Å². The second-order valence-corrected chi connectivity index (χ2v) is 7.92. The molecule has 0 aliphatic rings. The van der Waals surface area contributed by atoms with E-state index in [1.54, 1.807) is 48.5 Å². The number of benzene rings is 2. The van der Waals surface area contributed by atoms with Gasteiger partial charge in [0.2, 0.25) is 0 Å². The number of hydrogen-bond acceptors (Lipinski definition) is 5. The van der Waals surface area contributed by atoms with Crippen molar-refractivity contribution in [1.29, 1.82) is 0 Å². The van der Waals surface area contributed by atoms with Gasteiger partial charge in [0.15, 0.2) is 11.6 Å². The van der Waals surface area contributed by atoms with Gasteiger partial charge in [-0.05, 0) is 6.42 Å². The van der Waals surface area contributed by atoms with Gasteiger partial charge in [-0.15, -0.1) is 0 Å². The molecule has 162 valence electrons. The highest BCUT2D eigenvalue weighted by atomic mass is 32.1. The maximum atomic E-state index is 12.3. The van der Waals surface area contributed by atoms with Gasteiger partial charge in [-0.25, -0.2) is 0 Å². The van der Waals surface area contributed by atoms with E-state index in [0.29, 0.717) is 21.1 Å². The molecule has 6 nitrogen and oxygen atoms in total. The number of carbonyl (C=O) groups excluding carboxylic acids is 2. The molecule has 2 aromatic carbocycles. The lowest BCUT2D eigenvalue weighted by atomic mass is 10.1. The van der Waals surface area contributed by atoms with Gasteiger partial charge >= 0.3 is 5.97 Å². The minimum absolute atomic E-state index is 0.0276. The average molecular weight is 457 g/mol. The molecule has 8 heteroatoms. The van der Waals surface area contributed by atoms with Crippen LogP contribution in [0.5, 0.6) is 0 Å². The fourth-order valence-corrected chi connectivity index (χ4v) is 3.36. The molecule has 0 saturated heterocycles. The summed E-state index contributed by atoms with van der Waals surface area (Å²) in [5, 5.41) is 15.1. The summed E-state index contributed by atoms with van der Waals surface area (Å²) in [5.74, 6) is -1.15. The molecule has 0 amide bonds. The summed E-state index contributed by atoms with van der Waals surface area (Å²) in [6.07, 6.45) is 0.309. The highest BCUT2D eigenvalue weighted by Gasteiger charge is 2.16. The topological polar surface area (TPSA) is 95.5 Å². The third-order valence-corrected chi connectivity index (χ3v) is 5.00. The van der Waals surface area contributed by atoms with Crippen molar-refractivity contribution in [2.45, 2.75) is 31.7 Å². The molecule has 0 heterocycles. The number of carboxylic acid groups (broad SMARTS) is 1. The second kappa shape index (κ2) is 12.7. The van der Waals surface area contributed by atoms with Gasteiger partial charge < -0.3 is 15.7 Å². The average Bonchev–Trinajstić information content (AvgIpc) is 2.76. The first-order valence-electron chi connectivity index (χ1n) is 9.79. The fraction of sp³-hybridized carbons (Fsp3) is 0.261. The lowest BCUT2D eigenvalue weighted by Gasteiger charge is -2.21. The SMILES string of the molecule is O=C(O)CCC(CNC(=S)CC(=O)c1ccccc1)NC(=S)CC(=O)c1ccccc1. The molecule has 0 radical (unpaired) electrons. The molecular weight excluding hydrogens is 432 g/mol. The molecule has 0 aliphatic heterocycles. The fourth-order valence-electron chi connectivity index (χ4n) is 2.85. The molecule has 0 spiro atoms. The predicted octanol–water partition coefficient (Wildman–Crippen LogP) is 3.60. The molecule has 1 unspecified atom stereocenters. The summed E-state index contributed by atoms with van der Waals surface area (Å²) < 4.78 is 0. The van der Waals surface area contributed by atoms with Crippen molar-refractivity contribution in [3.8, 4) is 0 Å². The highest BCUT2D eigenvalue weighted by molar-refractivity contribution is 7.80. The van der Waals surface area contributed by atoms with Gasteiger partial charge in [0, 0.05) is 30.1 Å². The summed E-state index contributed by atoms with van der Waals surface area (Å²) in [6.45, 7) is 0.286. The van der Waals surface area contributed by atoms with E-state index in [-0.39, 0.29) is 49.8 Å². The first kappa shape index (κ1) is 24.3. The predicted molar refractivity (Wildman–Crippen MR) is 128 cm³/mol. The molecule has 31 heavy (non-hydrogen) atoms. The number of Topliss-reactive ketones (excluding diaryl/α,β-unsaturated/α-hetero) is 2. The Bertz CT molecular complexity index is 933. The third-order valence-electron chi connectivity index (χ3n) is 4.45. The second-order valence-electron chi connectivity index (χ2n) is 6.93. The lowest BCUT2D eigenvalue weighted by molar-refractivity contribution is -0.137. The molecule has 0 aliphatic carbocycles. The highest BCUT2D eigenvalue weighted by Crippen LogP contribution is 2.06. The Kier molecular flexibility index (Phi) is 9.93. The molecule has 3 N–H and O–H groups in total. The number of rotatable bonds is 12. The Morgan fingerprint density at radius 1 is 0.806 bits per heavy atom. The van der Waals surface area contributed by atoms with Gasteiger partial charge in [-0.3, -0.25) is 14.4 Å². The van der Waals surface area contributed by atoms with Crippen molar-refractivity contribution in [3.63, 3.8) is 0 Å². The van der Waals surface area contributed by atoms with Gasteiger partial charge in [-0.1, -0.05) is 85.1 Å². The van der Waals surface area contributed by atoms with Crippen molar-refractivity contribution in [2.75, 3.05) is 6.54 Å². The number of nitrogens with one attached hydrogen (secondary N) is 2. The van der Waals surface area contributed by atoms with Crippen molar-refractivity contribution in [1.82, 2.24) is 10.6 Å². The van der Waals surface area contributed by atoms with Crippen LogP contribution in [-0.4, -0.2) is 45.2 Å². The summed E-state index contributed by atoms with van der Waals surface area (Å²) >= 11 is 10.6. The maximum Gasteiger partial charge on any atom is 0.303 e. The van der Waals surface area contributed by atoms with E-state index in [2.05, 4.69) is 10.6 Å². The van der Waals surface area contributed by atoms with E-state index in [4.69, 9.17) is 29.5 Å². The molecule has 1 atom stereocenters. The number of ketones is 2. The number of aliphatic carboxylic acids is 1. The summed E-state index contributed by atoms with van der Waals surface area (Å²) in [6, 6.07) is 17.3. The first-order chi connectivity index (χ1) is 14.8. The maximum absolute atomic E-state index is 12.3. The summed E-state index contributed by atoms with van der Waals surface area (Å²) in [7, 11) is 0. The largest absolute Gasteiger partial charge is 0.481 e. The van der Waals surface area contributed by atoms with Crippen LogP contribution in [0.1, 0.15) is 46.4 Å². The van der Waals surface area contributed by atoms with Crippen molar-refractivity contribution < 1.29 is 19.5 Å². The number of carboxylic acids is 1. The Balaban J connectivity index is 1.88. The Morgan fingerprint density at radius 2 is 1.29 bits per heavy atom. The van der Waals surface area contributed by atoms with E-state index in [1.807, 2.05) is 12.1 Å². The van der Waals surface area contributed by atoms with Crippen LogP contribution < -0.4 is 10.6 Å². The van der Waals surface area contributed by atoms with Crippen LogP contribution >= 0.6 is 24.4 Å². The molecule has 0 bridgehead atoms. The molecular formula is C23H24N2O4S2. The van der Waals surface area contributed by atoms with Gasteiger partial charge in [0.25, 0.3) is 0 Å². The molecule has 0 aromatic heterocycles. The van der Waals surface area contributed by atoms with E-state index >= 15 is 0 Å². The molecule has 2 aromatic rings. The van der Waals surface area contributed by atoms with Crippen LogP contribution in [0.2, 0.25) is 0 Å². The number of thiocarbonyl (C=S) groups is 2. The van der Waals surface area contributed by atoms with E-state index in [9.17, 15) is 14.4 Å². The lowest BCUT2D eigenvalue weighted by Crippen LogP contribution is -2.43. The van der Waals surface area contributed by atoms with Gasteiger partial charge in [0.05, 0.1) is 22.8 Å². The monoisotopic (exact) mass is 456 g/mol. The molecule has 0 fully saturated rings. The van der Waals surface area contributed by atoms with E-state index in [0.717, 1.165) is 0 Å². The number of hydrogen-bond donors (Lipinski definition) is 3. The Hall–Kier alpha value is -2.97. The Labute approximate surface area is 192 Å². The van der Waals surface area contributed by atoms with Crippen molar-refractivity contribution in [3.05, 3.63) is 71.8 Å². The van der Waals surface area contributed by atoms with Crippen LogP contribution in [0, 0.1) is 0 Å². The molecule has 2 rings (SSSR count). The van der Waals surface area contributed by atoms with Crippen LogP contribution in [0.4, 0.5) is 0 Å². The van der Waals surface area contributed by atoms with Gasteiger partial charge in [0.1, 0.15) is 0 Å². The standard InChI is InChI=1S/C23H24N2O4S2/c26-19(16-7-3-1-4-8-16)13-21(30)24-15-18(11-12-23(28)29)25-22(31)14-20(27)17-9-5-2-6-10-17/h1-10,18H,11-15H2,(H,24,30)(H,25,31)(H,28,29). The molecule has 0 saturated carbocycles. The Morgan fingerprint density at radius 3 is 1.77 bits per heavy atom. The zero-order chi connectivity index (χ0) is 22.6.